The Bertz CT molecular complexity index is 283. The van der Waals surface area contributed by atoms with E-state index in [0.717, 1.165) is 5.69 Å². The summed E-state index contributed by atoms with van der Waals surface area (Å²) in [4.78, 5) is 11.3. The fourth-order valence-electron chi connectivity index (χ4n) is 0.892. The van der Waals surface area contributed by atoms with Gasteiger partial charge >= 0.3 is 0 Å². The fourth-order valence-corrected chi connectivity index (χ4v) is 0.892. The van der Waals surface area contributed by atoms with Crippen molar-refractivity contribution < 1.29 is 9.53 Å². The van der Waals surface area contributed by atoms with Crippen molar-refractivity contribution in [3.8, 4) is 0 Å². The van der Waals surface area contributed by atoms with Crippen molar-refractivity contribution in [3.05, 3.63) is 17.5 Å². The normalized spacial score (nSPS) is 10.0. The van der Waals surface area contributed by atoms with E-state index in [4.69, 9.17) is 4.74 Å². The van der Waals surface area contributed by atoms with Gasteiger partial charge in [-0.2, -0.15) is 5.10 Å². The Morgan fingerprint density at radius 2 is 2.54 bits per heavy atom. The highest BCUT2D eigenvalue weighted by atomic mass is 16.5. The van der Waals surface area contributed by atoms with Crippen LogP contribution in [-0.4, -0.2) is 36.4 Å². The number of carbonyl (C=O) groups is 1. The Balaban J connectivity index is 2.40. The molecule has 5 nitrogen and oxygen atoms in total. The molecular formula is C8H13N3O2. The van der Waals surface area contributed by atoms with E-state index >= 15 is 0 Å². The van der Waals surface area contributed by atoms with Crippen molar-refractivity contribution in [3.63, 3.8) is 0 Å². The molecule has 1 amide bonds. The number of carbonyl (C=O) groups excluding carboxylic acids is 1. The van der Waals surface area contributed by atoms with Gasteiger partial charge in [-0.3, -0.25) is 9.89 Å². The second-order valence-corrected chi connectivity index (χ2v) is 2.68. The molecule has 0 aliphatic rings. The summed E-state index contributed by atoms with van der Waals surface area (Å²) >= 11 is 0. The monoisotopic (exact) mass is 183 g/mol. The molecular weight excluding hydrogens is 170 g/mol. The summed E-state index contributed by atoms with van der Waals surface area (Å²) in [7, 11) is 1.59. The molecule has 0 bridgehead atoms. The number of nitrogens with zero attached hydrogens (tertiary/aromatic N) is 1. The van der Waals surface area contributed by atoms with Gasteiger partial charge in [-0.25, -0.2) is 0 Å². The number of amides is 1. The number of methoxy groups -OCH3 is 1. The lowest BCUT2D eigenvalue weighted by atomic mass is 10.3. The van der Waals surface area contributed by atoms with Gasteiger partial charge in [-0.1, -0.05) is 0 Å². The third kappa shape index (κ3) is 2.87. The average Bonchev–Trinajstić information content (AvgIpc) is 2.52. The topological polar surface area (TPSA) is 67.0 Å². The van der Waals surface area contributed by atoms with Gasteiger partial charge in [0.2, 0.25) is 0 Å². The first kappa shape index (κ1) is 9.73. The molecule has 0 aliphatic heterocycles. The Labute approximate surface area is 76.5 Å². The predicted molar refractivity (Wildman–Crippen MR) is 47.5 cm³/mol. The lowest BCUT2D eigenvalue weighted by molar-refractivity contribution is 0.0932. The molecule has 1 aromatic heterocycles. The van der Waals surface area contributed by atoms with E-state index in [1.807, 2.05) is 6.92 Å². The van der Waals surface area contributed by atoms with E-state index in [2.05, 4.69) is 15.5 Å². The van der Waals surface area contributed by atoms with E-state index in [-0.39, 0.29) is 5.91 Å². The summed E-state index contributed by atoms with van der Waals surface area (Å²) in [5, 5.41) is 9.18. The van der Waals surface area contributed by atoms with Gasteiger partial charge < -0.3 is 10.1 Å². The highest BCUT2D eigenvalue weighted by molar-refractivity contribution is 5.92. The molecule has 0 saturated heterocycles. The van der Waals surface area contributed by atoms with Gasteiger partial charge in [-0.05, 0) is 13.0 Å². The predicted octanol–water partition coefficient (Wildman–Crippen LogP) is 0.0943. The standard InChI is InChI=1S/C8H13N3O2/c1-6-5-7(11-10-6)8(12)9-3-4-13-2/h5H,3-4H2,1-2H3,(H,9,12)(H,10,11). The molecule has 0 fully saturated rings. The second kappa shape index (κ2) is 4.61. The second-order valence-electron chi connectivity index (χ2n) is 2.68. The van der Waals surface area contributed by atoms with E-state index in [0.29, 0.717) is 18.8 Å². The van der Waals surface area contributed by atoms with Crippen LogP contribution in [0.25, 0.3) is 0 Å². The van der Waals surface area contributed by atoms with Crippen molar-refractivity contribution in [2.45, 2.75) is 6.92 Å². The summed E-state index contributed by atoms with van der Waals surface area (Å²) < 4.78 is 4.79. The summed E-state index contributed by atoms with van der Waals surface area (Å²) in [6.07, 6.45) is 0. The van der Waals surface area contributed by atoms with Crippen LogP contribution in [0.15, 0.2) is 6.07 Å². The number of hydrogen-bond acceptors (Lipinski definition) is 3. The van der Waals surface area contributed by atoms with Crippen LogP contribution in [0.2, 0.25) is 0 Å². The van der Waals surface area contributed by atoms with Crippen LogP contribution in [0.1, 0.15) is 16.2 Å². The van der Waals surface area contributed by atoms with E-state index in [1.54, 1.807) is 13.2 Å². The third-order valence-corrected chi connectivity index (χ3v) is 1.53. The smallest absolute Gasteiger partial charge is 0.271 e. The Hall–Kier alpha value is -1.36. The molecule has 1 rings (SSSR count). The summed E-state index contributed by atoms with van der Waals surface area (Å²) in [6.45, 7) is 2.86. The number of rotatable bonds is 4. The molecule has 2 N–H and O–H groups in total. The van der Waals surface area contributed by atoms with Gasteiger partial charge in [-0.15, -0.1) is 0 Å². The first-order valence-corrected chi connectivity index (χ1v) is 4.03. The lowest BCUT2D eigenvalue weighted by Gasteiger charge is -2.00. The quantitative estimate of drug-likeness (QED) is 0.650. The molecule has 0 atom stereocenters. The van der Waals surface area contributed by atoms with Gasteiger partial charge in [0.1, 0.15) is 5.69 Å². The van der Waals surface area contributed by atoms with Crippen LogP contribution in [0, 0.1) is 6.92 Å². The van der Waals surface area contributed by atoms with Crippen molar-refractivity contribution in [1.82, 2.24) is 15.5 Å². The Morgan fingerprint density at radius 1 is 1.77 bits per heavy atom. The van der Waals surface area contributed by atoms with Crippen molar-refractivity contribution in [2.75, 3.05) is 20.3 Å². The van der Waals surface area contributed by atoms with Crippen LogP contribution in [0.4, 0.5) is 0 Å². The maximum atomic E-state index is 11.3. The first-order valence-electron chi connectivity index (χ1n) is 4.03. The number of ether oxygens (including phenoxy) is 1. The number of aryl methyl sites for hydroxylation is 1. The molecule has 5 heteroatoms. The minimum atomic E-state index is -0.179. The van der Waals surface area contributed by atoms with Gasteiger partial charge in [0, 0.05) is 19.3 Å². The molecule has 0 radical (unpaired) electrons. The molecule has 1 aromatic rings. The van der Waals surface area contributed by atoms with E-state index < -0.39 is 0 Å². The van der Waals surface area contributed by atoms with Crippen LogP contribution in [-0.2, 0) is 4.74 Å². The van der Waals surface area contributed by atoms with Crippen LogP contribution < -0.4 is 5.32 Å². The lowest BCUT2D eigenvalue weighted by Crippen LogP contribution is -2.27. The van der Waals surface area contributed by atoms with Gasteiger partial charge in [0.25, 0.3) is 5.91 Å². The Morgan fingerprint density at radius 3 is 3.08 bits per heavy atom. The highest BCUT2D eigenvalue weighted by Crippen LogP contribution is 1.96. The van der Waals surface area contributed by atoms with E-state index in [1.165, 1.54) is 0 Å². The molecule has 0 unspecified atom stereocenters. The third-order valence-electron chi connectivity index (χ3n) is 1.53. The molecule has 72 valence electrons. The van der Waals surface area contributed by atoms with Crippen LogP contribution in [0.5, 0.6) is 0 Å². The number of aromatic nitrogens is 2. The van der Waals surface area contributed by atoms with Crippen molar-refractivity contribution in [2.24, 2.45) is 0 Å². The minimum Gasteiger partial charge on any atom is -0.383 e. The maximum absolute atomic E-state index is 11.3. The molecule has 0 aliphatic carbocycles. The molecule has 0 aromatic carbocycles. The van der Waals surface area contributed by atoms with Gasteiger partial charge in [0.05, 0.1) is 6.61 Å². The average molecular weight is 183 g/mol. The van der Waals surface area contributed by atoms with Gasteiger partial charge in [0.15, 0.2) is 0 Å². The number of aromatic amines is 1. The zero-order valence-electron chi connectivity index (χ0n) is 7.76. The van der Waals surface area contributed by atoms with Crippen LogP contribution in [0.3, 0.4) is 0 Å². The SMILES string of the molecule is COCCNC(=O)c1cc(C)[nH]n1. The summed E-state index contributed by atoms with van der Waals surface area (Å²) in [6, 6.07) is 1.70. The number of nitrogens with one attached hydrogen (secondary N) is 2. The largest absolute Gasteiger partial charge is 0.383 e. The molecule has 13 heavy (non-hydrogen) atoms. The number of hydrogen-bond donors (Lipinski definition) is 2. The summed E-state index contributed by atoms with van der Waals surface area (Å²) in [5.74, 6) is -0.179. The number of H-pyrrole nitrogens is 1. The molecule has 0 saturated carbocycles. The zero-order valence-corrected chi connectivity index (χ0v) is 7.76. The zero-order chi connectivity index (χ0) is 9.68. The van der Waals surface area contributed by atoms with Crippen LogP contribution >= 0.6 is 0 Å². The summed E-state index contributed by atoms with van der Waals surface area (Å²) in [5.41, 5.74) is 1.28. The maximum Gasteiger partial charge on any atom is 0.271 e. The first-order chi connectivity index (χ1) is 6.24. The Kier molecular flexibility index (Phi) is 3.45. The fraction of sp³-hybridized carbons (Fsp3) is 0.500. The van der Waals surface area contributed by atoms with Crippen molar-refractivity contribution >= 4 is 5.91 Å². The molecule has 0 spiro atoms. The molecule has 1 heterocycles. The van der Waals surface area contributed by atoms with E-state index in [9.17, 15) is 4.79 Å². The van der Waals surface area contributed by atoms with Crippen molar-refractivity contribution in [1.29, 1.82) is 0 Å². The minimum absolute atomic E-state index is 0.179. The highest BCUT2D eigenvalue weighted by Gasteiger charge is 2.07.